The predicted molar refractivity (Wildman–Crippen MR) is 194 cm³/mol. The number of piperidine rings is 2. The number of carbonyl (C=O) groups is 1. The number of carbonyl (C=O) groups excluding carboxylic acids is 1. The fraction of sp³-hybridized carbons (Fsp3) is 0.395. The van der Waals surface area contributed by atoms with E-state index in [1.807, 2.05) is 59.5 Å². The second-order valence-corrected chi connectivity index (χ2v) is 13.5. The predicted octanol–water partition coefficient (Wildman–Crippen LogP) is 6.86. The molecule has 0 unspecified atom stereocenters. The molecule has 4 heterocycles. The molecule has 1 amide bonds. The van der Waals surface area contributed by atoms with E-state index in [9.17, 15) is 9.90 Å². The Bertz CT molecular complexity index is 1800. The van der Waals surface area contributed by atoms with Crippen LogP contribution in [0.15, 0.2) is 60.8 Å². The van der Waals surface area contributed by atoms with Crippen LogP contribution in [0.25, 0.3) is 33.6 Å². The normalized spacial score (nSPS) is 17.3. The summed E-state index contributed by atoms with van der Waals surface area (Å²) in [4.78, 5) is 25.3. The second kappa shape index (κ2) is 15.9. The molecule has 2 fully saturated rings. The van der Waals surface area contributed by atoms with Crippen molar-refractivity contribution in [2.45, 2.75) is 57.8 Å². The SMILES string of the molecule is COc1cc(-c2nccc(-c3cccc(-c4ccc(CNC5CCN(C(C)=O)CC5)c(OC)n4)c3Cl)c2Cl)ccc1CN1CCC[C@@H](O)C1. The van der Waals surface area contributed by atoms with Crippen LogP contribution in [0.4, 0.5) is 0 Å². The maximum atomic E-state index is 11.7. The number of likely N-dealkylation sites (tertiary alicyclic amines) is 2. The van der Waals surface area contributed by atoms with Gasteiger partial charge in [0.25, 0.3) is 0 Å². The quantitative estimate of drug-likeness (QED) is 0.185. The Morgan fingerprint density at radius 1 is 0.939 bits per heavy atom. The van der Waals surface area contributed by atoms with E-state index in [4.69, 9.17) is 37.7 Å². The molecule has 2 N–H and O–H groups in total. The average Bonchev–Trinajstić information content (AvgIpc) is 3.11. The Labute approximate surface area is 298 Å². The molecule has 2 saturated heterocycles. The average molecular weight is 705 g/mol. The molecule has 4 aromatic rings. The van der Waals surface area contributed by atoms with Crippen LogP contribution in [-0.4, -0.2) is 83.3 Å². The first-order chi connectivity index (χ1) is 23.7. The van der Waals surface area contributed by atoms with Crippen molar-refractivity contribution in [3.8, 4) is 45.3 Å². The summed E-state index contributed by atoms with van der Waals surface area (Å²) in [5.74, 6) is 1.41. The van der Waals surface area contributed by atoms with Crippen molar-refractivity contribution in [3.63, 3.8) is 0 Å². The Hall–Kier alpha value is -3.73. The first kappa shape index (κ1) is 35.1. The standard InChI is InChI=1S/C38H43Cl2N5O4/c1-24(46)45-18-14-28(15-19-45)42-21-26-11-12-33(43-38(26)49-3)32-8-4-7-30(35(32)39)31-13-16-41-37(36(31)40)25-9-10-27(34(20-25)48-2)22-44-17-5-6-29(47)23-44/h4,7-13,16,20,28-29,42,47H,5-6,14-15,17-19,21-23H2,1-3H3/t29-/m1/s1. The molecule has 0 bridgehead atoms. The van der Waals surface area contributed by atoms with E-state index in [0.29, 0.717) is 53.0 Å². The van der Waals surface area contributed by atoms with Crippen LogP contribution >= 0.6 is 23.2 Å². The summed E-state index contributed by atoms with van der Waals surface area (Å²) < 4.78 is 11.5. The maximum absolute atomic E-state index is 11.7. The van der Waals surface area contributed by atoms with Crippen LogP contribution in [0, 0.1) is 0 Å². The fourth-order valence-corrected chi connectivity index (χ4v) is 7.46. The van der Waals surface area contributed by atoms with Crippen molar-refractivity contribution >= 4 is 29.1 Å². The molecule has 2 aromatic carbocycles. The monoisotopic (exact) mass is 703 g/mol. The highest BCUT2D eigenvalue weighted by Crippen LogP contribution is 2.42. The van der Waals surface area contributed by atoms with Gasteiger partial charge in [-0.1, -0.05) is 59.6 Å². The zero-order valence-corrected chi connectivity index (χ0v) is 29.7. The van der Waals surface area contributed by atoms with Crippen molar-refractivity contribution in [2.75, 3.05) is 40.4 Å². The van der Waals surface area contributed by atoms with Crippen molar-refractivity contribution in [2.24, 2.45) is 0 Å². The lowest BCUT2D eigenvalue weighted by Gasteiger charge is -2.31. The highest BCUT2D eigenvalue weighted by Gasteiger charge is 2.23. The van der Waals surface area contributed by atoms with Crippen molar-refractivity contribution in [1.82, 2.24) is 25.1 Å². The zero-order valence-electron chi connectivity index (χ0n) is 28.2. The first-order valence-electron chi connectivity index (χ1n) is 16.8. The van der Waals surface area contributed by atoms with E-state index in [-0.39, 0.29) is 12.0 Å². The lowest BCUT2D eigenvalue weighted by molar-refractivity contribution is -0.129. The number of aromatic nitrogens is 2. The molecule has 9 nitrogen and oxygen atoms in total. The van der Waals surface area contributed by atoms with Gasteiger partial charge in [0.2, 0.25) is 11.8 Å². The lowest BCUT2D eigenvalue weighted by Crippen LogP contribution is -2.44. The number of hydrogen-bond donors (Lipinski definition) is 2. The van der Waals surface area contributed by atoms with Gasteiger partial charge in [-0.25, -0.2) is 4.98 Å². The zero-order chi connectivity index (χ0) is 34.5. The number of nitrogens with one attached hydrogen (secondary N) is 1. The molecule has 0 spiro atoms. The molecule has 0 saturated carbocycles. The van der Waals surface area contributed by atoms with Gasteiger partial charge in [0.05, 0.1) is 41.8 Å². The number of aliphatic hydroxyl groups excluding tert-OH is 1. The fourth-order valence-electron chi connectivity index (χ4n) is 6.81. The van der Waals surface area contributed by atoms with Crippen LogP contribution in [0.2, 0.25) is 10.0 Å². The van der Waals surface area contributed by atoms with Gasteiger partial charge < -0.3 is 24.8 Å². The minimum absolute atomic E-state index is 0.131. The number of pyridine rings is 2. The van der Waals surface area contributed by atoms with Gasteiger partial charge in [-0.15, -0.1) is 0 Å². The molecule has 0 aliphatic carbocycles. The Morgan fingerprint density at radius 2 is 1.69 bits per heavy atom. The van der Waals surface area contributed by atoms with Gasteiger partial charge >= 0.3 is 0 Å². The number of amides is 1. The van der Waals surface area contributed by atoms with Crippen molar-refractivity contribution < 1.29 is 19.4 Å². The van der Waals surface area contributed by atoms with Gasteiger partial charge in [0.1, 0.15) is 5.75 Å². The van der Waals surface area contributed by atoms with Crippen LogP contribution in [0.3, 0.4) is 0 Å². The number of ether oxygens (including phenoxy) is 2. The van der Waals surface area contributed by atoms with Gasteiger partial charge in [-0.05, 0) is 50.4 Å². The van der Waals surface area contributed by atoms with Gasteiger partial charge in [0, 0.05) is 85.3 Å². The highest BCUT2D eigenvalue weighted by molar-refractivity contribution is 6.39. The van der Waals surface area contributed by atoms with Crippen LogP contribution < -0.4 is 14.8 Å². The number of halogens is 2. The van der Waals surface area contributed by atoms with Crippen molar-refractivity contribution in [3.05, 3.63) is 82.0 Å². The summed E-state index contributed by atoms with van der Waals surface area (Å²) in [5, 5.41) is 14.7. The molecule has 1 atom stereocenters. The minimum Gasteiger partial charge on any atom is -0.496 e. The van der Waals surface area contributed by atoms with Crippen LogP contribution in [0.1, 0.15) is 43.7 Å². The maximum Gasteiger partial charge on any atom is 0.219 e. The van der Waals surface area contributed by atoms with E-state index in [2.05, 4.69) is 15.2 Å². The molecule has 6 rings (SSSR count). The van der Waals surface area contributed by atoms with Crippen LogP contribution in [-0.2, 0) is 17.9 Å². The van der Waals surface area contributed by atoms with Gasteiger partial charge in [-0.2, -0.15) is 0 Å². The van der Waals surface area contributed by atoms with Gasteiger partial charge in [0.15, 0.2) is 0 Å². The Kier molecular flexibility index (Phi) is 11.4. The molecular weight excluding hydrogens is 661 g/mol. The number of nitrogens with zero attached hydrogens (tertiary/aromatic N) is 4. The number of aliphatic hydroxyl groups is 1. The second-order valence-electron chi connectivity index (χ2n) is 12.8. The molecular formula is C38H43Cl2N5O4. The number of rotatable bonds is 10. The molecule has 0 radical (unpaired) electrons. The van der Waals surface area contributed by atoms with Gasteiger partial charge in [-0.3, -0.25) is 14.7 Å². The van der Waals surface area contributed by atoms with E-state index in [1.165, 1.54) is 0 Å². The van der Waals surface area contributed by atoms with Crippen LogP contribution in [0.5, 0.6) is 11.6 Å². The Balaban J connectivity index is 1.22. The third-order valence-electron chi connectivity index (χ3n) is 9.54. The topological polar surface area (TPSA) is 100 Å². The molecule has 2 aromatic heterocycles. The number of benzene rings is 2. The van der Waals surface area contributed by atoms with Crippen molar-refractivity contribution in [1.29, 1.82) is 0 Å². The van der Waals surface area contributed by atoms with E-state index < -0.39 is 0 Å². The third kappa shape index (κ3) is 8.03. The summed E-state index contributed by atoms with van der Waals surface area (Å²) in [6, 6.07) is 18.0. The molecule has 2 aliphatic heterocycles. The van der Waals surface area contributed by atoms with E-state index >= 15 is 0 Å². The minimum atomic E-state index is -0.288. The third-order valence-corrected chi connectivity index (χ3v) is 10.3. The summed E-state index contributed by atoms with van der Waals surface area (Å²) in [7, 11) is 3.29. The largest absolute Gasteiger partial charge is 0.496 e. The van der Waals surface area contributed by atoms with E-state index in [1.54, 1.807) is 27.3 Å². The van der Waals surface area contributed by atoms with E-state index in [0.717, 1.165) is 84.4 Å². The highest BCUT2D eigenvalue weighted by atomic mass is 35.5. The summed E-state index contributed by atoms with van der Waals surface area (Å²) in [5.41, 5.74) is 6.43. The summed E-state index contributed by atoms with van der Waals surface area (Å²) in [6.07, 6.45) is 5.11. The molecule has 2 aliphatic rings. The lowest BCUT2D eigenvalue weighted by atomic mass is 9.99. The number of hydrogen-bond acceptors (Lipinski definition) is 8. The smallest absolute Gasteiger partial charge is 0.219 e. The molecule has 11 heteroatoms. The first-order valence-corrected chi connectivity index (χ1v) is 17.6. The summed E-state index contributed by atoms with van der Waals surface area (Å²) >= 11 is 14.2. The number of methoxy groups -OCH3 is 2. The number of β-amino-alcohol motifs (C(OH)–C–C–N with tert-alkyl or cyclic N) is 1. The summed E-state index contributed by atoms with van der Waals surface area (Å²) in [6.45, 7) is 6.08. The molecule has 258 valence electrons. The molecule has 49 heavy (non-hydrogen) atoms. The Morgan fingerprint density at radius 3 is 2.43 bits per heavy atom.